The lowest BCUT2D eigenvalue weighted by atomic mass is 10.2. The van der Waals surface area contributed by atoms with Crippen LogP contribution in [0.3, 0.4) is 0 Å². The van der Waals surface area contributed by atoms with Crippen molar-refractivity contribution in [3.8, 4) is 0 Å². The van der Waals surface area contributed by atoms with Gasteiger partial charge in [0.15, 0.2) is 11.6 Å². The average Bonchev–Trinajstić information content (AvgIpc) is 2.94. The number of aromatic nitrogens is 3. The molecule has 0 aliphatic heterocycles. The van der Waals surface area contributed by atoms with Gasteiger partial charge in [0.25, 0.3) is 0 Å². The van der Waals surface area contributed by atoms with Crippen molar-refractivity contribution >= 4 is 23.7 Å². The predicted molar refractivity (Wildman–Crippen MR) is 92.7 cm³/mol. The Bertz CT molecular complexity index is 779. The SMILES string of the molecule is CC/C=C(\N=CN)c1nnc(CNc2cccc(C(=O)O)c2)n1C. The van der Waals surface area contributed by atoms with Gasteiger partial charge in [0.2, 0.25) is 0 Å². The molecule has 8 nitrogen and oxygen atoms in total. The normalized spacial score (nSPS) is 11.8. The number of rotatable bonds is 7. The Hall–Kier alpha value is -3.16. The Morgan fingerprint density at radius 1 is 1.46 bits per heavy atom. The number of anilines is 1. The summed E-state index contributed by atoms with van der Waals surface area (Å²) in [5.41, 5.74) is 6.96. The summed E-state index contributed by atoms with van der Waals surface area (Å²) in [7, 11) is 1.84. The number of carboxylic acid groups (broad SMARTS) is 1. The minimum atomic E-state index is -0.964. The number of aliphatic imine (C=N–C) groups is 1. The van der Waals surface area contributed by atoms with Gasteiger partial charge < -0.3 is 20.7 Å². The Morgan fingerprint density at radius 3 is 2.92 bits per heavy atom. The summed E-state index contributed by atoms with van der Waals surface area (Å²) in [6, 6.07) is 6.60. The molecule has 1 aromatic heterocycles. The number of nitrogens with zero attached hydrogens (tertiary/aromatic N) is 4. The summed E-state index contributed by atoms with van der Waals surface area (Å²) in [6.07, 6.45) is 3.95. The maximum atomic E-state index is 11.0. The van der Waals surface area contributed by atoms with Crippen molar-refractivity contribution in [2.24, 2.45) is 17.8 Å². The zero-order chi connectivity index (χ0) is 17.5. The Labute approximate surface area is 139 Å². The standard InChI is InChI=1S/C16H20N6O2/c1-3-5-13(19-10-17)15-21-20-14(22(15)2)9-18-12-7-4-6-11(8-12)16(23)24/h4-8,10,18H,3,9H2,1-2H3,(H2,17,19)(H,23,24)/b13-5-. The summed E-state index contributed by atoms with van der Waals surface area (Å²) < 4.78 is 1.82. The van der Waals surface area contributed by atoms with Gasteiger partial charge >= 0.3 is 5.97 Å². The molecule has 0 fully saturated rings. The smallest absolute Gasteiger partial charge is 0.335 e. The third kappa shape index (κ3) is 3.97. The minimum absolute atomic E-state index is 0.226. The van der Waals surface area contributed by atoms with Gasteiger partial charge in [-0.2, -0.15) is 0 Å². The van der Waals surface area contributed by atoms with Gasteiger partial charge in [-0.3, -0.25) is 0 Å². The maximum absolute atomic E-state index is 11.0. The number of benzene rings is 1. The van der Waals surface area contributed by atoms with E-state index in [1.807, 2.05) is 24.6 Å². The topological polar surface area (TPSA) is 118 Å². The van der Waals surface area contributed by atoms with Crippen LogP contribution in [0.2, 0.25) is 0 Å². The molecule has 24 heavy (non-hydrogen) atoms. The van der Waals surface area contributed by atoms with Gasteiger partial charge in [0.05, 0.1) is 18.4 Å². The average molecular weight is 328 g/mol. The van der Waals surface area contributed by atoms with Crippen LogP contribution in [0.25, 0.3) is 5.70 Å². The second kappa shape index (κ2) is 7.91. The van der Waals surface area contributed by atoms with E-state index in [4.69, 9.17) is 10.8 Å². The van der Waals surface area contributed by atoms with Crippen molar-refractivity contribution in [3.63, 3.8) is 0 Å². The Kier molecular flexibility index (Phi) is 5.67. The third-order valence-electron chi connectivity index (χ3n) is 3.37. The first-order valence-electron chi connectivity index (χ1n) is 7.47. The van der Waals surface area contributed by atoms with E-state index in [-0.39, 0.29) is 5.56 Å². The molecule has 1 aromatic carbocycles. The molecule has 2 aromatic rings. The van der Waals surface area contributed by atoms with E-state index in [1.54, 1.807) is 24.3 Å². The summed E-state index contributed by atoms with van der Waals surface area (Å²) in [5.74, 6) is 0.350. The number of nitrogens with one attached hydrogen (secondary N) is 1. The van der Waals surface area contributed by atoms with Gasteiger partial charge in [0, 0.05) is 12.7 Å². The zero-order valence-corrected chi connectivity index (χ0v) is 13.6. The van der Waals surface area contributed by atoms with E-state index < -0.39 is 5.97 Å². The lowest BCUT2D eigenvalue weighted by Crippen LogP contribution is -2.08. The highest BCUT2D eigenvalue weighted by molar-refractivity contribution is 5.88. The maximum Gasteiger partial charge on any atom is 0.335 e. The molecule has 0 saturated heterocycles. The number of aromatic carboxylic acids is 1. The van der Waals surface area contributed by atoms with Gasteiger partial charge in [-0.15, -0.1) is 10.2 Å². The van der Waals surface area contributed by atoms with Gasteiger partial charge in [0.1, 0.15) is 5.70 Å². The second-order valence-corrected chi connectivity index (χ2v) is 5.01. The van der Waals surface area contributed by atoms with E-state index >= 15 is 0 Å². The number of nitrogens with two attached hydrogens (primary N) is 1. The van der Waals surface area contributed by atoms with Gasteiger partial charge in [-0.1, -0.05) is 19.1 Å². The first-order chi connectivity index (χ1) is 11.6. The molecular formula is C16H20N6O2. The molecule has 4 N–H and O–H groups in total. The van der Waals surface area contributed by atoms with E-state index in [9.17, 15) is 4.79 Å². The van der Waals surface area contributed by atoms with E-state index in [0.29, 0.717) is 29.6 Å². The number of hydrogen-bond acceptors (Lipinski definition) is 5. The van der Waals surface area contributed by atoms with Crippen LogP contribution in [0.15, 0.2) is 35.3 Å². The largest absolute Gasteiger partial charge is 0.478 e. The summed E-state index contributed by atoms with van der Waals surface area (Å²) in [4.78, 5) is 15.1. The molecule has 0 saturated carbocycles. The molecule has 0 atom stereocenters. The quantitative estimate of drug-likeness (QED) is 0.527. The van der Waals surface area contributed by atoms with Gasteiger partial charge in [-0.25, -0.2) is 9.79 Å². The van der Waals surface area contributed by atoms with Crippen LogP contribution in [-0.4, -0.2) is 32.2 Å². The fourth-order valence-electron chi connectivity index (χ4n) is 2.16. The van der Waals surface area contributed by atoms with E-state index in [1.165, 1.54) is 6.34 Å². The summed E-state index contributed by atoms with van der Waals surface area (Å²) in [6.45, 7) is 2.40. The van der Waals surface area contributed by atoms with Crippen LogP contribution in [-0.2, 0) is 13.6 Å². The fraction of sp³-hybridized carbons (Fsp3) is 0.250. The third-order valence-corrected chi connectivity index (χ3v) is 3.37. The monoisotopic (exact) mass is 328 g/mol. The lowest BCUT2D eigenvalue weighted by molar-refractivity contribution is 0.0697. The molecule has 0 bridgehead atoms. The van der Waals surface area contributed by atoms with Crippen LogP contribution < -0.4 is 11.1 Å². The van der Waals surface area contributed by atoms with Crippen LogP contribution in [0, 0.1) is 0 Å². The van der Waals surface area contributed by atoms with Crippen molar-refractivity contribution in [2.75, 3.05) is 5.32 Å². The van der Waals surface area contributed by atoms with Crippen molar-refractivity contribution in [2.45, 2.75) is 19.9 Å². The highest BCUT2D eigenvalue weighted by Crippen LogP contribution is 2.16. The number of hydrogen-bond donors (Lipinski definition) is 3. The Morgan fingerprint density at radius 2 is 2.25 bits per heavy atom. The Balaban J connectivity index is 2.16. The zero-order valence-electron chi connectivity index (χ0n) is 13.6. The first kappa shape index (κ1) is 17.2. The molecule has 2 rings (SSSR count). The van der Waals surface area contributed by atoms with Crippen LogP contribution in [0.4, 0.5) is 5.69 Å². The highest BCUT2D eigenvalue weighted by Gasteiger charge is 2.12. The van der Waals surface area contributed by atoms with Gasteiger partial charge in [-0.05, 0) is 24.6 Å². The molecule has 0 unspecified atom stereocenters. The number of carboxylic acids is 1. The first-order valence-corrected chi connectivity index (χ1v) is 7.47. The van der Waals surface area contributed by atoms with E-state index in [2.05, 4.69) is 20.5 Å². The summed E-state index contributed by atoms with van der Waals surface area (Å²) in [5, 5.41) is 20.5. The fourth-order valence-corrected chi connectivity index (χ4v) is 2.16. The van der Waals surface area contributed by atoms with Crippen molar-refractivity contribution in [1.82, 2.24) is 14.8 Å². The molecular weight excluding hydrogens is 308 g/mol. The molecule has 0 aliphatic rings. The molecule has 126 valence electrons. The van der Waals surface area contributed by atoms with Crippen molar-refractivity contribution in [3.05, 3.63) is 47.6 Å². The molecule has 8 heteroatoms. The predicted octanol–water partition coefficient (Wildman–Crippen LogP) is 1.86. The molecule has 0 spiro atoms. The van der Waals surface area contributed by atoms with E-state index in [0.717, 1.165) is 6.42 Å². The van der Waals surface area contributed by atoms with Crippen LogP contribution >= 0.6 is 0 Å². The number of allylic oxidation sites excluding steroid dienone is 1. The lowest BCUT2D eigenvalue weighted by Gasteiger charge is -2.08. The number of carbonyl (C=O) groups is 1. The highest BCUT2D eigenvalue weighted by atomic mass is 16.4. The molecule has 0 amide bonds. The van der Waals surface area contributed by atoms with Crippen LogP contribution in [0.1, 0.15) is 35.4 Å². The second-order valence-electron chi connectivity index (χ2n) is 5.01. The molecule has 0 radical (unpaired) electrons. The van der Waals surface area contributed by atoms with Crippen LogP contribution in [0.5, 0.6) is 0 Å². The molecule has 0 aliphatic carbocycles. The van der Waals surface area contributed by atoms with Crippen molar-refractivity contribution < 1.29 is 9.90 Å². The molecule has 1 heterocycles. The summed E-state index contributed by atoms with van der Waals surface area (Å²) >= 11 is 0. The van der Waals surface area contributed by atoms with Crippen molar-refractivity contribution in [1.29, 1.82) is 0 Å². The minimum Gasteiger partial charge on any atom is -0.478 e.